The average Bonchev–Trinajstić information content (AvgIpc) is 2.82. The number of hydrogen-bond donors (Lipinski definition) is 3. The molecule has 144 valence electrons. The number of Topliss-reactive ketones (excluding diaryl/α,β-unsaturated/α-hetero) is 1. The van der Waals surface area contributed by atoms with Crippen LogP contribution in [0.5, 0.6) is 0 Å². The lowest BCUT2D eigenvalue weighted by Gasteiger charge is -2.21. The second-order valence-electron chi connectivity index (χ2n) is 7.06. The number of ketones is 1. The Balaban J connectivity index is 2.61. The Hall–Kier alpha value is -1.90. The Morgan fingerprint density at radius 2 is 2.12 bits per heavy atom. The molecule has 1 unspecified atom stereocenters. The number of carbonyl (C=O) groups is 2. The number of carboxylic acids is 1. The molecule has 0 bridgehead atoms. The highest BCUT2D eigenvalue weighted by atomic mass is 16.4. The first-order valence-electron chi connectivity index (χ1n) is 9.15. The van der Waals surface area contributed by atoms with E-state index in [2.05, 4.69) is 11.8 Å². The molecule has 26 heavy (non-hydrogen) atoms. The van der Waals surface area contributed by atoms with Crippen molar-refractivity contribution in [3.63, 3.8) is 0 Å². The second kappa shape index (κ2) is 10.9. The van der Waals surface area contributed by atoms with Crippen LogP contribution in [0.3, 0.4) is 0 Å². The quantitative estimate of drug-likeness (QED) is 0.316. The van der Waals surface area contributed by atoms with Crippen LogP contribution in [0.4, 0.5) is 0 Å². The molecule has 1 saturated carbocycles. The number of carbonyl (C=O) groups excluding carboxylic acids is 1. The Bertz CT molecular complexity index is 591. The summed E-state index contributed by atoms with van der Waals surface area (Å²) >= 11 is 0. The van der Waals surface area contributed by atoms with E-state index in [0.717, 1.165) is 0 Å². The van der Waals surface area contributed by atoms with E-state index < -0.39 is 17.7 Å². The van der Waals surface area contributed by atoms with E-state index in [4.69, 9.17) is 5.11 Å². The summed E-state index contributed by atoms with van der Waals surface area (Å²) in [6.45, 7) is 3.45. The predicted octanol–water partition coefficient (Wildman–Crippen LogP) is 2.86. The summed E-state index contributed by atoms with van der Waals surface area (Å²) in [5.41, 5.74) is -1.02. The zero-order valence-electron chi connectivity index (χ0n) is 15.6. The van der Waals surface area contributed by atoms with Crippen molar-refractivity contribution in [1.29, 1.82) is 0 Å². The summed E-state index contributed by atoms with van der Waals surface area (Å²) in [5, 5.41) is 29.2. The van der Waals surface area contributed by atoms with Crippen molar-refractivity contribution in [2.75, 3.05) is 0 Å². The molecule has 5 nitrogen and oxygen atoms in total. The molecule has 0 aromatic heterocycles. The summed E-state index contributed by atoms with van der Waals surface area (Å²) in [6, 6.07) is 0. The van der Waals surface area contributed by atoms with E-state index in [-0.39, 0.29) is 30.5 Å². The Morgan fingerprint density at radius 1 is 1.38 bits per heavy atom. The average molecular weight is 362 g/mol. The molecule has 0 saturated heterocycles. The maximum Gasteiger partial charge on any atom is 0.303 e. The number of carboxylic acid groups (broad SMARTS) is 1. The van der Waals surface area contributed by atoms with Crippen molar-refractivity contribution in [1.82, 2.24) is 0 Å². The van der Waals surface area contributed by atoms with Crippen LogP contribution in [-0.4, -0.2) is 38.8 Å². The van der Waals surface area contributed by atoms with Gasteiger partial charge in [0.05, 0.1) is 11.7 Å². The largest absolute Gasteiger partial charge is 0.481 e. The Kier molecular flexibility index (Phi) is 9.32. The second-order valence-corrected chi connectivity index (χ2v) is 7.06. The molecule has 0 heterocycles. The van der Waals surface area contributed by atoms with E-state index in [1.807, 2.05) is 12.2 Å². The number of unbranched alkanes of at least 4 members (excludes halogenated alkanes) is 1. The van der Waals surface area contributed by atoms with E-state index in [1.165, 1.54) is 0 Å². The maximum atomic E-state index is 12.2. The van der Waals surface area contributed by atoms with Gasteiger partial charge in [-0.15, -0.1) is 11.8 Å². The fourth-order valence-corrected chi connectivity index (χ4v) is 3.10. The van der Waals surface area contributed by atoms with Crippen LogP contribution < -0.4 is 0 Å². The third-order valence-electron chi connectivity index (χ3n) is 4.66. The van der Waals surface area contributed by atoms with Gasteiger partial charge in [0.2, 0.25) is 0 Å². The highest BCUT2D eigenvalue weighted by Gasteiger charge is 2.39. The molecule has 1 rings (SSSR count). The standard InChI is InChI=1S/C21H30O5/c1-3-4-9-13-21(2,26)14-12-17-16(18(22)15-19(17)23)10-7-5-6-8-11-20(24)25/h5,7,12,14,16-17,19,23,26H,6,8-11,13,15H2,1-2H3,(H,24,25)/t16-,17-,19-,21?/m1/s1. The number of rotatable bonds is 10. The van der Waals surface area contributed by atoms with Gasteiger partial charge in [0.15, 0.2) is 0 Å². The maximum absolute atomic E-state index is 12.2. The minimum absolute atomic E-state index is 0.0267. The Morgan fingerprint density at radius 3 is 2.77 bits per heavy atom. The van der Waals surface area contributed by atoms with Gasteiger partial charge in [0.25, 0.3) is 0 Å². The van der Waals surface area contributed by atoms with Crippen LogP contribution in [0.2, 0.25) is 0 Å². The molecule has 1 aliphatic carbocycles. The van der Waals surface area contributed by atoms with Gasteiger partial charge in [-0.05, 0) is 39.5 Å². The molecule has 1 aliphatic rings. The summed E-state index contributed by atoms with van der Waals surface area (Å²) in [7, 11) is 0. The van der Waals surface area contributed by atoms with E-state index >= 15 is 0 Å². The highest BCUT2D eigenvalue weighted by Crippen LogP contribution is 2.34. The first-order chi connectivity index (χ1) is 12.3. The van der Waals surface area contributed by atoms with Gasteiger partial charge in [-0.25, -0.2) is 0 Å². The molecule has 0 aromatic rings. The van der Waals surface area contributed by atoms with Crippen molar-refractivity contribution in [2.24, 2.45) is 11.8 Å². The first-order valence-corrected chi connectivity index (χ1v) is 9.15. The summed E-state index contributed by atoms with van der Waals surface area (Å²) < 4.78 is 0. The van der Waals surface area contributed by atoms with Crippen molar-refractivity contribution in [3.05, 3.63) is 24.3 Å². The van der Waals surface area contributed by atoms with E-state index in [1.54, 1.807) is 26.0 Å². The molecule has 1 fully saturated rings. The first kappa shape index (κ1) is 22.1. The molecule has 5 heteroatoms. The van der Waals surface area contributed by atoms with Gasteiger partial charge >= 0.3 is 5.97 Å². The number of allylic oxidation sites excluding steroid dienone is 2. The zero-order valence-corrected chi connectivity index (χ0v) is 15.6. The monoisotopic (exact) mass is 362 g/mol. The molecule has 0 aromatic carbocycles. The molecule has 4 atom stereocenters. The van der Waals surface area contributed by atoms with Gasteiger partial charge in [0.1, 0.15) is 5.78 Å². The fourth-order valence-electron chi connectivity index (χ4n) is 3.10. The van der Waals surface area contributed by atoms with Gasteiger partial charge in [-0.3, -0.25) is 9.59 Å². The van der Waals surface area contributed by atoms with Crippen LogP contribution in [0.25, 0.3) is 0 Å². The molecule has 0 spiro atoms. The van der Waals surface area contributed by atoms with Gasteiger partial charge < -0.3 is 15.3 Å². The summed E-state index contributed by atoms with van der Waals surface area (Å²) in [5.74, 6) is 4.31. The topological polar surface area (TPSA) is 94.8 Å². The lowest BCUT2D eigenvalue weighted by atomic mass is 9.88. The predicted molar refractivity (Wildman–Crippen MR) is 100 cm³/mol. The minimum Gasteiger partial charge on any atom is -0.481 e. The smallest absolute Gasteiger partial charge is 0.303 e. The molecule has 0 amide bonds. The van der Waals surface area contributed by atoms with Crippen molar-refractivity contribution in [2.45, 2.75) is 70.5 Å². The fraction of sp³-hybridized carbons (Fsp3) is 0.619. The third-order valence-corrected chi connectivity index (χ3v) is 4.66. The lowest BCUT2D eigenvalue weighted by molar-refractivity contribution is -0.137. The molecule has 0 aliphatic heterocycles. The van der Waals surface area contributed by atoms with E-state index in [9.17, 15) is 19.8 Å². The number of aliphatic hydroxyl groups excluding tert-OH is 1. The highest BCUT2D eigenvalue weighted by molar-refractivity contribution is 5.84. The normalized spacial score (nSPS) is 25.4. The van der Waals surface area contributed by atoms with Crippen molar-refractivity contribution in [3.8, 4) is 11.8 Å². The van der Waals surface area contributed by atoms with Crippen molar-refractivity contribution < 1.29 is 24.9 Å². The summed E-state index contributed by atoms with van der Waals surface area (Å²) in [6.07, 6.45) is 9.57. The van der Waals surface area contributed by atoms with Crippen LogP contribution in [0, 0.1) is 23.7 Å². The van der Waals surface area contributed by atoms with Gasteiger partial charge in [-0.2, -0.15) is 0 Å². The molecule has 0 radical (unpaired) electrons. The number of aliphatic hydroxyl groups is 2. The minimum atomic E-state index is -1.02. The van der Waals surface area contributed by atoms with Gasteiger partial charge in [0, 0.05) is 31.1 Å². The SMILES string of the molecule is CC#CCCC(C)(O)C=C[C@H]1[C@H](O)CC(=O)[C@@H]1CC=CCCCC(=O)O. The van der Waals surface area contributed by atoms with Crippen LogP contribution >= 0.6 is 0 Å². The number of aliphatic carboxylic acids is 1. The van der Waals surface area contributed by atoms with E-state index in [0.29, 0.717) is 32.1 Å². The van der Waals surface area contributed by atoms with Crippen molar-refractivity contribution >= 4 is 11.8 Å². The molecular weight excluding hydrogens is 332 g/mol. The van der Waals surface area contributed by atoms with Crippen LogP contribution in [0.1, 0.15) is 58.8 Å². The lowest BCUT2D eigenvalue weighted by Crippen LogP contribution is -2.23. The summed E-state index contributed by atoms with van der Waals surface area (Å²) in [4.78, 5) is 22.6. The van der Waals surface area contributed by atoms with Crippen LogP contribution in [-0.2, 0) is 9.59 Å². The Labute approximate surface area is 155 Å². The third kappa shape index (κ3) is 7.99. The van der Waals surface area contributed by atoms with Crippen LogP contribution in [0.15, 0.2) is 24.3 Å². The molecule has 3 N–H and O–H groups in total. The van der Waals surface area contributed by atoms with Gasteiger partial charge in [-0.1, -0.05) is 24.3 Å². The number of hydrogen-bond acceptors (Lipinski definition) is 4. The zero-order chi connectivity index (χ0) is 19.6. The molecular formula is C21H30O5.